The van der Waals surface area contributed by atoms with E-state index in [2.05, 4.69) is 20.8 Å². The Morgan fingerprint density at radius 1 is 0.358 bits per heavy atom. The molecular weight excluding hydrogens is 910 g/mol. The van der Waals surface area contributed by atoms with Crippen LogP contribution < -0.4 is 0 Å². The van der Waals surface area contributed by atoms with Gasteiger partial charge in [0.25, 0.3) is 0 Å². The predicted octanol–water partition coefficient (Wildman–Crippen LogP) is 11.7. The van der Waals surface area contributed by atoms with Crippen molar-refractivity contribution in [2.24, 2.45) is 0 Å². The summed E-state index contributed by atoms with van der Waals surface area (Å²) in [6, 6.07) is 0. The molecule has 67 heavy (non-hydrogen) atoms. The fourth-order valence-corrected chi connectivity index (χ4v) is 8.36. The summed E-state index contributed by atoms with van der Waals surface area (Å²) in [6.07, 6.45) is 24.4. The molecule has 0 aliphatic carbocycles. The molecule has 19 heteroatoms. The van der Waals surface area contributed by atoms with Crippen LogP contribution in [0.5, 0.6) is 0 Å². The number of ether oxygens (including phenoxy) is 4. The average Bonchev–Trinajstić information content (AvgIpc) is 3.29. The molecular formula is C48H92O17P2. The van der Waals surface area contributed by atoms with Crippen molar-refractivity contribution >= 4 is 39.5 Å². The number of rotatable bonds is 49. The third-order valence-corrected chi connectivity index (χ3v) is 12.8. The Bertz CT molecular complexity index is 1340. The minimum Gasteiger partial charge on any atom is -0.462 e. The molecule has 0 radical (unpaired) electrons. The van der Waals surface area contributed by atoms with E-state index in [4.69, 9.17) is 37.0 Å². The van der Waals surface area contributed by atoms with Gasteiger partial charge in [-0.1, -0.05) is 175 Å². The molecule has 17 nitrogen and oxygen atoms in total. The highest BCUT2D eigenvalue weighted by Crippen LogP contribution is 2.45. The number of esters is 4. The number of hydrogen-bond donors (Lipinski definition) is 3. The molecule has 0 fully saturated rings. The zero-order chi connectivity index (χ0) is 49.9. The Balaban J connectivity index is 4.91. The van der Waals surface area contributed by atoms with Gasteiger partial charge in [-0.25, -0.2) is 9.13 Å². The minimum absolute atomic E-state index is 0.0986. The van der Waals surface area contributed by atoms with Gasteiger partial charge in [0.2, 0.25) is 0 Å². The number of phosphoric ester groups is 2. The lowest BCUT2D eigenvalue weighted by atomic mass is 10.0. The van der Waals surface area contributed by atoms with Crippen LogP contribution in [0.3, 0.4) is 0 Å². The van der Waals surface area contributed by atoms with Gasteiger partial charge < -0.3 is 33.8 Å². The van der Waals surface area contributed by atoms with Gasteiger partial charge in [0, 0.05) is 25.7 Å². The molecule has 0 amide bonds. The van der Waals surface area contributed by atoms with E-state index in [0.717, 1.165) is 83.5 Å². The van der Waals surface area contributed by atoms with Crippen LogP contribution in [0, 0.1) is 0 Å². The van der Waals surface area contributed by atoms with Gasteiger partial charge in [0.1, 0.15) is 19.3 Å². The summed E-state index contributed by atoms with van der Waals surface area (Å²) in [5.74, 6) is -2.22. The van der Waals surface area contributed by atoms with Crippen LogP contribution in [0.2, 0.25) is 0 Å². The molecule has 2 unspecified atom stereocenters. The fraction of sp³-hybridized carbons (Fsp3) is 0.917. The van der Waals surface area contributed by atoms with Crippen LogP contribution in [0.1, 0.15) is 227 Å². The van der Waals surface area contributed by atoms with E-state index in [0.29, 0.717) is 25.7 Å². The third-order valence-electron chi connectivity index (χ3n) is 10.9. The summed E-state index contributed by atoms with van der Waals surface area (Å²) >= 11 is 0. The summed E-state index contributed by atoms with van der Waals surface area (Å²) in [5.41, 5.74) is 0. The van der Waals surface area contributed by atoms with Crippen LogP contribution in [0.15, 0.2) is 0 Å². The third kappa shape index (κ3) is 43.8. The second kappa shape index (κ2) is 44.0. The number of phosphoric acid groups is 2. The lowest BCUT2D eigenvalue weighted by molar-refractivity contribution is -0.161. The Morgan fingerprint density at radius 3 is 0.925 bits per heavy atom. The van der Waals surface area contributed by atoms with E-state index in [1.165, 1.54) is 64.2 Å². The molecule has 0 aliphatic heterocycles. The van der Waals surface area contributed by atoms with Crippen LogP contribution in [-0.4, -0.2) is 96.7 Å². The van der Waals surface area contributed by atoms with Gasteiger partial charge in [-0.15, -0.1) is 0 Å². The van der Waals surface area contributed by atoms with Crippen LogP contribution in [0.25, 0.3) is 0 Å². The highest BCUT2D eigenvalue weighted by Gasteiger charge is 2.30. The number of unbranched alkanes of at least 4 members (excludes halogenated alkanes) is 23. The van der Waals surface area contributed by atoms with Gasteiger partial charge in [0.05, 0.1) is 26.4 Å². The van der Waals surface area contributed by atoms with E-state index in [1.807, 2.05) is 6.92 Å². The van der Waals surface area contributed by atoms with E-state index in [1.54, 1.807) is 0 Å². The zero-order valence-corrected chi connectivity index (χ0v) is 43.6. The van der Waals surface area contributed by atoms with Crippen molar-refractivity contribution in [2.75, 3.05) is 39.6 Å². The van der Waals surface area contributed by atoms with Crippen LogP contribution in [-0.2, 0) is 65.4 Å². The molecule has 396 valence electrons. The van der Waals surface area contributed by atoms with Gasteiger partial charge in [-0.05, 0) is 25.7 Å². The minimum atomic E-state index is -4.91. The molecule has 3 N–H and O–H groups in total. The lowest BCUT2D eigenvalue weighted by Gasteiger charge is -2.21. The Hall–Kier alpha value is -1.94. The summed E-state index contributed by atoms with van der Waals surface area (Å²) in [4.78, 5) is 70.3. The van der Waals surface area contributed by atoms with Gasteiger partial charge in [0.15, 0.2) is 12.2 Å². The van der Waals surface area contributed by atoms with E-state index < -0.39 is 97.5 Å². The number of aliphatic hydroxyl groups excluding tert-OH is 1. The van der Waals surface area contributed by atoms with E-state index in [9.17, 15) is 43.2 Å². The first-order chi connectivity index (χ1) is 32.2. The van der Waals surface area contributed by atoms with E-state index >= 15 is 0 Å². The molecule has 0 aromatic rings. The largest absolute Gasteiger partial charge is 0.472 e. The normalized spacial score (nSPS) is 14.7. The molecule has 0 aromatic heterocycles. The number of hydrogen-bond acceptors (Lipinski definition) is 15. The standard InChI is InChI=1S/C48H92O17P2/c1-5-9-13-16-17-18-19-20-21-22-23-24-25-28-31-35-48(53)64-43(38-58-45(50)32-12-8-4)40-62-66(54,55)60-36-42(49)37-61-67(56,57)63-41-44(65-47(52)34-30-27-15-11-7-3)39-59-46(51)33-29-26-14-10-6-2/h42-44,49H,5-41H2,1-4H3,(H,54,55)(H,56,57)/t42-,43-,44-/m1/s1. The maximum atomic E-state index is 12.7. The number of aliphatic hydroxyl groups is 1. The number of carbonyl (C=O) groups excluding carboxylic acids is 4. The summed E-state index contributed by atoms with van der Waals surface area (Å²) in [7, 11) is -9.82. The number of carbonyl (C=O) groups is 4. The smallest absolute Gasteiger partial charge is 0.462 e. The second-order valence-electron chi connectivity index (χ2n) is 17.5. The lowest BCUT2D eigenvalue weighted by Crippen LogP contribution is -2.30. The summed E-state index contributed by atoms with van der Waals surface area (Å²) in [5, 5.41) is 10.3. The SMILES string of the molecule is CCCCCCCCCCCCCCCCCC(=O)O[C@H](COC(=O)CCCC)COP(=O)(O)OC[C@@H](O)COP(=O)(O)OC[C@@H](COC(=O)CCCCCCC)OC(=O)CCCCCCC. The molecule has 0 spiro atoms. The summed E-state index contributed by atoms with van der Waals surface area (Å²) < 4.78 is 66.4. The van der Waals surface area contributed by atoms with Gasteiger partial charge >= 0.3 is 39.5 Å². The van der Waals surface area contributed by atoms with Crippen molar-refractivity contribution < 1.29 is 80.2 Å². The van der Waals surface area contributed by atoms with Gasteiger partial charge in [-0.3, -0.25) is 37.3 Å². The van der Waals surface area contributed by atoms with Crippen molar-refractivity contribution in [3.63, 3.8) is 0 Å². The van der Waals surface area contributed by atoms with Crippen molar-refractivity contribution in [2.45, 2.75) is 245 Å². The highest BCUT2D eigenvalue weighted by molar-refractivity contribution is 7.47. The average molecular weight is 1000 g/mol. The maximum absolute atomic E-state index is 12.7. The topological polar surface area (TPSA) is 237 Å². The molecule has 0 aromatic carbocycles. The molecule has 5 atom stereocenters. The van der Waals surface area contributed by atoms with Crippen LogP contribution in [0.4, 0.5) is 0 Å². The predicted molar refractivity (Wildman–Crippen MR) is 257 cm³/mol. The Kier molecular flexibility index (Phi) is 42.8. The second-order valence-corrected chi connectivity index (χ2v) is 20.4. The first-order valence-electron chi connectivity index (χ1n) is 25.8. The first kappa shape index (κ1) is 65.1. The molecule has 0 saturated carbocycles. The van der Waals surface area contributed by atoms with E-state index in [-0.39, 0.29) is 25.7 Å². The molecule has 0 aliphatic rings. The first-order valence-corrected chi connectivity index (χ1v) is 28.8. The maximum Gasteiger partial charge on any atom is 0.472 e. The van der Waals surface area contributed by atoms with Crippen molar-refractivity contribution in [1.29, 1.82) is 0 Å². The van der Waals surface area contributed by atoms with Crippen molar-refractivity contribution in [1.82, 2.24) is 0 Å². The molecule has 0 heterocycles. The molecule has 0 rings (SSSR count). The monoisotopic (exact) mass is 1000 g/mol. The zero-order valence-electron chi connectivity index (χ0n) is 41.8. The van der Waals surface area contributed by atoms with Crippen LogP contribution >= 0.6 is 15.6 Å². The van der Waals surface area contributed by atoms with Crippen molar-refractivity contribution in [3.8, 4) is 0 Å². The Labute approximate surface area is 403 Å². The Morgan fingerprint density at radius 2 is 0.612 bits per heavy atom. The highest BCUT2D eigenvalue weighted by atomic mass is 31.2. The molecule has 0 bridgehead atoms. The van der Waals surface area contributed by atoms with Gasteiger partial charge in [-0.2, -0.15) is 0 Å². The summed E-state index contributed by atoms with van der Waals surface area (Å²) in [6.45, 7) is 4.33. The molecule has 0 saturated heterocycles. The van der Waals surface area contributed by atoms with Crippen molar-refractivity contribution in [3.05, 3.63) is 0 Å². The fourth-order valence-electron chi connectivity index (χ4n) is 6.78. The quantitative estimate of drug-likeness (QED) is 0.0222.